The molecule has 2 rings (SSSR count). The molecule has 0 fully saturated rings. The first kappa shape index (κ1) is 11.3. The highest BCUT2D eigenvalue weighted by molar-refractivity contribution is 5.32. The zero-order valence-corrected chi connectivity index (χ0v) is 9.55. The lowest BCUT2D eigenvalue weighted by atomic mass is 10.3. The second-order valence-electron chi connectivity index (χ2n) is 3.50. The molecule has 0 atom stereocenters. The van der Waals surface area contributed by atoms with Gasteiger partial charge in [0.15, 0.2) is 0 Å². The molecule has 0 spiro atoms. The number of anilines is 1. The van der Waals surface area contributed by atoms with Gasteiger partial charge in [0.05, 0.1) is 19.4 Å². The largest absolute Gasteiger partial charge is 0.497 e. The molecular formula is C12H14N2O3. The molecule has 2 aromatic rings. The summed E-state index contributed by atoms with van der Waals surface area (Å²) in [7, 11) is 1.62. The maximum absolute atomic E-state index is 5.56. The van der Waals surface area contributed by atoms with E-state index in [9.17, 15) is 0 Å². The number of methoxy groups -OCH3 is 1. The van der Waals surface area contributed by atoms with Crippen LogP contribution in [0.15, 0.2) is 34.9 Å². The quantitative estimate of drug-likeness (QED) is 0.855. The van der Waals surface area contributed by atoms with Crippen molar-refractivity contribution in [1.82, 2.24) is 5.16 Å². The Balaban J connectivity index is 1.85. The first-order chi connectivity index (χ1) is 8.28. The Labute approximate surface area is 99.1 Å². The van der Waals surface area contributed by atoms with Gasteiger partial charge in [0, 0.05) is 18.6 Å². The number of aromatic nitrogens is 1. The van der Waals surface area contributed by atoms with E-state index in [-0.39, 0.29) is 0 Å². The summed E-state index contributed by atoms with van der Waals surface area (Å²) in [5.74, 6) is 1.86. The molecule has 5 nitrogen and oxygen atoms in total. The van der Waals surface area contributed by atoms with Gasteiger partial charge in [-0.05, 0) is 12.1 Å². The van der Waals surface area contributed by atoms with E-state index >= 15 is 0 Å². The zero-order chi connectivity index (χ0) is 12.1. The van der Waals surface area contributed by atoms with Crippen LogP contribution in [-0.4, -0.2) is 18.9 Å². The smallest absolute Gasteiger partial charge is 0.222 e. The fourth-order valence-electron chi connectivity index (χ4n) is 1.41. The summed E-state index contributed by atoms with van der Waals surface area (Å²) >= 11 is 0. The van der Waals surface area contributed by atoms with Gasteiger partial charge in [-0.2, -0.15) is 0 Å². The molecule has 1 aromatic carbocycles. The molecule has 0 amide bonds. The SMILES string of the molecule is COc1cccc(OCCc2cc(N)on2)c1. The lowest BCUT2D eigenvalue weighted by Crippen LogP contribution is -2.01. The van der Waals surface area contributed by atoms with Crippen molar-refractivity contribution in [2.45, 2.75) is 6.42 Å². The van der Waals surface area contributed by atoms with Crippen LogP contribution in [0.1, 0.15) is 5.69 Å². The van der Waals surface area contributed by atoms with E-state index in [0.29, 0.717) is 18.9 Å². The van der Waals surface area contributed by atoms with E-state index in [4.69, 9.17) is 19.7 Å². The molecule has 0 saturated carbocycles. The summed E-state index contributed by atoms with van der Waals surface area (Å²) in [6, 6.07) is 9.14. The van der Waals surface area contributed by atoms with E-state index in [1.807, 2.05) is 24.3 Å². The van der Waals surface area contributed by atoms with Gasteiger partial charge in [0.2, 0.25) is 5.88 Å². The van der Waals surface area contributed by atoms with Crippen molar-refractivity contribution < 1.29 is 14.0 Å². The minimum absolute atomic E-state index is 0.321. The van der Waals surface area contributed by atoms with E-state index in [2.05, 4.69) is 5.16 Å². The van der Waals surface area contributed by atoms with Crippen LogP contribution >= 0.6 is 0 Å². The van der Waals surface area contributed by atoms with Crippen LogP contribution in [0.5, 0.6) is 11.5 Å². The number of rotatable bonds is 5. The van der Waals surface area contributed by atoms with Crippen molar-refractivity contribution in [2.24, 2.45) is 0 Å². The van der Waals surface area contributed by atoms with E-state index in [0.717, 1.165) is 17.2 Å². The highest BCUT2D eigenvalue weighted by atomic mass is 16.5. The number of nitrogens with zero attached hydrogens (tertiary/aromatic N) is 1. The minimum Gasteiger partial charge on any atom is -0.497 e. The summed E-state index contributed by atoms with van der Waals surface area (Å²) in [6.07, 6.45) is 0.651. The Morgan fingerprint density at radius 3 is 2.82 bits per heavy atom. The number of nitrogens with two attached hydrogens (primary N) is 1. The van der Waals surface area contributed by atoms with Gasteiger partial charge in [0.1, 0.15) is 11.5 Å². The fourth-order valence-corrected chi connectivity index (χ4v) is 1.41. The molecule has 0 bridgehead atoms. The second kappa shape index (κ2) is 5.25. The highest BCUT2D eigenvalue weighted by Gasteiger charge is 2.01. The summed E-state index contributed by atoms with van der Waals surface area (Å²) in [6.45, 7) is 0.513. The molecule has 0 aliphatic heterocycles. The van der Waals surface area contributed by atoms with Crippen molar-refractivity contribution >= 4 is 5.88 Å². The lowest BCUT2D eigenvalue weighted by molar-refractivity contribution is 0.313. The number of benzene rings is 1. The van der Waals surface area contributed by atoms with Crippen molar-refractivity contribution in [3.63, 3.8) is 0 Å². The van der Waals surface area contributed by atoms with Gasteiger partial charge in [-0.25, -0.2) is 0 Å². The van der Waals surface area contributed by atoms with E-state index in [1.165, 1.54) is 0 Å². The van der Waals surface area contributed by atoms with E-state index in [1.54, 1.807) is 13.2 Å². The van der Waals surface area contributed by atoms with Crippen LogP contribution in [0.2, 0.25) is 0 Å². The third kappa shape index (κ3) is 3.14. The molecule has 0 saturated heterocycles. The first-order valence-electron chi connectivity index (χ1n) is 5.26. The van der Waals surface area contributed by atoms with Crippen LogP contribution in [0.25, 0.3) is 0 Å². The molecule has 1 aromatic heterocycles. The molecule has 17 heavy (non-hydrogen) atoms. The Kier molecular flexibility index (Phi) is 3.49. The van der Waals surface area contributed by atoms with Crippen molar-refractivity contribution in [1.29, 1.82) is 0 Å². The van der Waals surface area contributed by atoms with Crippen LogP contribution in [0.4, 0.5) is 5.88 Å². The standard InChI is InChI=1S/C12H14N2O3/c1-15-10-3-2-4-11(8-10)16-6-5-9-7-12(13)17-14-9/h2-4,7-8H,5-6,13H2,1H3. The third-order valence-corrected chi connectivity index (χ3v) is 2.25. The molecule has 0 radical (unpaired) electrons. The molecule has 0 aliphatic rings. The van der Waals surface area contributed by atoms with Crippen molar-refractivity contribution in [3.05, 3.63) is 36.0 Å². The van der Waals surface area contributed by atoms with Crippen LogP contribution in [-0.2, 0) is 6.42 Å². The predicted octanol–water partition coefficient (Wildman–Crippen LogP) is 1.89. The van der Waals surface area contributed by atoms with Gasteiger partial charge in [-0.3, -0.25) is 0 Å². The molecule has 0 aliphatic carbocycles. The Morgan fingerprint density at radius 1 is 1.29 bits per heavy atom. The van der Waals surface area contributed by atoms with Gasteiger partial charge >= 0.3 is 0 Å². The average molecular weight is 234 g/mol. The Morgan fingerprint density at radius 2 is 2.12 bits per heavy atom. The number of nitrogen functional groups attached to an aromatic ring is 1. The monoisotopic (exact) mass is 234 g/mol. The van der Waals surface area contributed by atoms with Gasteiger partial charge in [0.25, 0.3) is 0 Å². The third-order valence-electron chi connectivity index (χ3n) is 2.25. The molecule has 5 heteroatoms. The molecule has 90 valence electrons. The fraction of sp³-hybridized carbons (Fsp3) is 0.250. The van der Waals surface area contributed by atoms with Gasteiger partial charge < -0.3 is 19.7 Å². The first-order valence-corrected chi connectivity index (χ1v) is 5.26. The maximum Gasteiger partial charge on any atom is 0.222 e. The van der Waals surface area contributed by atoms with Gasteiger partial charge in [-0.1, -0.05) is 11.2 Å². The number of hydrogen-bond donors (Lipinski definition) is 1. The molecule has 2 N–H and O–H groups in total. The molecule has 0 unspecified atom stereocenters. The number of hydrogen-bond acceptors (Lipinski definition) is 5. The van der Waals surface area contributed by atoms with Crippen LogP contribution < -0.4 is 15.2 Å². The van der Waals surface area contributed by atoms with E-state index < -0.39 is 0 Å². The maximum atomic E-state index is 5.56. The Hall–Kier alpha value is -2.17. The second-order valence-corrected chi connectivity index (χ2v) is 3.50. The molecular weight excluding hydrogens is 220 g/mol. The Bertz CT molecular complexity index is 482. The summed E-state index contributed by atoms with van der Waals surface area (Å²) < 4.78 is 15.4. The average Bonchev–Trinajstić information content (AvgIpc) is 2.75. The predicted molar refractivity (Wildman–Crippen MR) is 63.1 cm³/mol. The van der Waals surface area contributed by atoms with Crippen molar-refractivity contribution in [2.75, 3.05) is 19.5 Å². The summed E-state index contributed by atoms with van der Waals surface area (Å²) in [4.78, 5) is 0. The zero-order valence-electron chi connectivity index (χ0n) is 9.55. The molecule has 1 heterocycles. The van der Waals surface area contributed by atoms with Crippen molar-refractivity contribution in [3.8, 4) is 11.5 Å². The van der Waals surface area contributed by atoms with Crippen LogP contribution in [0, 0.1) is 0 Å². The minimum atomic E-state index is 0.321. The summed E-state index contributed by atoms with van der Waals surface area (Å²) in [5.41, 5.74) is 6.20. The van der Waals surface area contributed by atoms with Gasteiger partial charge in [-0.15, -0.1) is 0 Å². The lowest BCUT2D eigenvalue weighted by Gasteiger charge is -2.06. The highest BCUT2D eigenvalue weighted by Crippen LogP contribution is 2.19. The normalized spacial score (nSPS) is 10.2. The topological polar surface area (TPSA) is 70.5 Å². The number of ether oxygens (including phenoxy) is 2. The summed E-state index contributed by atoms with van der Waals surface area (Å²) in [5, 5.41) is 3.78. The van der Waals surface area contributed by atoms with Crippen LogP contribution in [0.3, 0.4) is 0 Å².